The zero-order chi connectivity index (χ0) is 18.6. The van der Waals surface area contributed by atoms with Gasteiger partial charge in [0.25, 0.3) is 0 Å². The van der Waals surface area contributed by atoms with Crippen LogP contribution in [0.4, 0.5) is 0 Å². The number of rotatable bonds is 1. The summed E-state index contributed by atoms with van der Waals surface area (Å²) in [7, 11) is 0. The van der Waals surface area contributed by atoms with Gasteiger partial charge in [0, 0.05) is 0 Å². The number of hydrogen-bond acceptors (Lipinski definition) is 0. The molecule has 26 heavy (non-hydrogen) atoms. The van der Waals surface area contributed by atoms with Crippen molar-refractivity contribution in [2.24, 2.45) is 0 Å². The summed E-state index contributed by atoms with van der Waals surface area (Å²) in [5.74, 6) is 0. The average Bonchev–Trinajstić information content (AvgIpc) is 2.64. The fourth-order valence-electron chi connectivity index (χ4n) is 4.17. The van der Waals surface area contributed by atoms with Crippen molar-refractivity contribution in [3.8, 4) is 11.1 Å². The summed E-state index contributed by atoms with van der Waals surface area (Å²) in [6, 6.07) is 18.3. The summed E-state index contributed by atoms with van der Waals surface area (Å²) in [4.78, 5) is 0. The van der Waals surface area contributed by atoms with Crippen LogP contribution in [-0.4, -0.2) is 0 Å². The highest BCUT2D eigenvalue weighted by Crippen LogP contribution is 2.36. The summed E-state index contributed by atoms with van der Waals surface area (Å²) in [6.07, 6.45) is 0. The normalized spacial score (nSPS) is 11.5. The van der Waals surface area contributed by atoms with Crippen LogP contribution in [0.1, 0.15) is 33.4 Å². The Morgan fingerprint density at radius 2 is 0.769 bits per heavy atom. The molecule has 4 aromatic carbocycles. The van der Waals surface area contributed by atoms with Gasteiger partial charge in [-0.05, 0) is 108 Å². The van der Waals surface area contributed by atoms with Crippen molar-refractivity contribution in [3.05, 3.63) is 81.9 Å². The molecule has 0 aromatic heterocycles. The second kappa shape index (κ2) is 5.99. The maximum Gasteiger partial charge on any atom is -0.0102 e. The molecule has 0 nitrogen and oxygen atoms in total. The molecule has 0 unspecified atom stereocenters. The molecule has 0 N–H and O–H groups in total. The fraction of sp³-hybridized carbons (Fsp3) is 0.231. The van der Waals surface area contributed by atoms with Gasteiger partial charge in [-0.1, -0.05) is 48.5 Å². The van der Waals surface area contributed by atoms with E-state index >= 15 is 0 Å². The van der Waals surface area contributed by atoms with Crippen molar-refractivity contribution in [3.63, 3.8) is 0 Å². The van der Waals surface area contributed by atoms with Gasteiger partial charge in [-0.3, -0.25) is 0 Å². The first-order valence-electron chi connectivity index (χ1n) is 9.39. The van der Waals surface area contributed by atoms with Crippen molar-refractivity contribution in [1.29, 1.82) is 0 Å². The molecule has 4 aromatic rings. The minimum atomic E-state index is 1.35. The van der Waals surface area contributed by atoms with Crippen LogP contribution in [-0.2, 0) is 0 Å². The van der Waals surface area contributed by atoms with Crippen molar-refractivity contribution in [2.75, 3.05) is 0 Å². The van der Waals surface area contributed by atoms with Crippen LogP contribution >= 0.6 is 0 Å². The number of hydrogen-bond donors (Lipinski definition) is 0. The number of benzene rings is 4. The molecule has 0 aliphatic heterocycles. The molecule has 0 aliphatic carbocycles. The van der Waals surface area contributed by atoms with Gasteiger partial charge in [0.2, 0.25) is 0 Å². The van der Waals surface area contributed by atoms with Crippen molar-refractivity contribution < 1.29 is 0 Å². The van der Waals surface area contributed by atoms with Gasteiger partial charge < -0.3 is 0 Å². The lowest BCUT2D eigenvalue weighted by atomic mass is 9.88. The van der Waals surface area contributed by atoms with E-state index in [0.29, 0.717) is 0 Å². The molecule has 130 valence electrons. The molecule has 0 spiro atoms. The predicted octanol–water partition coefficient (Wildman–Crippen LogP) is 7.51. The second-order valence-electron chi connectivity index (χ2n) is 7.68. The van der Waals surface area contributed by atoms with Crippen LogP contribution in [0.3, 0.4) is 0 Å². The van der Waals surface area contributed by atoms with E-state index in [1.807, 2.05) is 0 Å². The molecule has 0 saturated heterocycles. The van der Waals surface area contributed by atoms with Gasteiger partial charge in [-0.15, -0.1) is 0 Å². The first-order valence-corrected chi connectivity index (χ1v) is 9.39. The quantitative estimate of drug-likeness (QED) is 0.315. The van der Waals surface area contributed by atoms with E-state index in [1.54, 1.807) is 0 Å². The number of aryl methyl sites for hydroxylation is 4. The molecule has 0 aliphatic rings. The van der Waals surface area contributed by atoms with E-state index < -0.39 is 0 Å². The third kappa shape index (κ3) is 2.36. The van der Waals surface area contributed by atoms with Gasteiger partial charge in [0.15, 0.2) is 0 Å². The molecule has 0 fully saturated rings. The van der Waals surface area contributed by atoms with Crippen molar-refractivity contribution in [1.82, 2.24) is 0 Å². The average molecular weight is 338 g/mol. The van der Waals surface area contributed by atoms with Gasteiger partial charge in [-0.2, -0.15) is 0 Å². The fourth-order valence-corrected chi connectivity index (χ4v) is 4.17. The van der Waals surface area contributed by atoms with E-state index in [0.717, 1.165) is 0 Å². The van der Waals surface area contributed by atoms with E-state index in [9.17, 15) is 0 Å². The van der Waals surface area contributed by atoms with Crippen LogP contribution in [0.15, 0.2) is 48.5 Å². The van der Waals surface area contributed by atoms with Gasteiger partial charge >= 0.3 is 0 Å². The first kappa shape index (κ1) is 16.8. The van der Waals surface area contributed by atoms with Crippen molar-refractivity contribution >= 4 is 21.5 Å². The molecule has 4 rings (SSSR count). The summed E-state index contributed by atoms with van der Waals surface area (Å²) >= 11 is 0. The van der Waals surface area contributed by atoms with E-state index in [1.165, 1.54) is 66.1 Å². The highest BCUT2D eigenvalue weighted by atomic mass is 14.2. The molecule has 0 bridgehead atoms. The first-order chi connectivity index (χ1) is 12.4. The third-order valence-electron chi connectivity index (χ3n) is 6.36. The maximum atomic E-state index is 2.31. The van der Waals surface area contributed by atoms with Crippen LogP contribution in [0, 0.1) is 41.5 Å². The SMILES string of the molecule is Cc1ccc(-c2ccc3c(ccc4c(C)c(C)ccc43)c2C)c(C)c1C. The van der Waals surface area contributed by atoms with Crippen LogP contribution < -0.4 is 0 Å². The Morgan fingerprint density at radius 3 is 1.46 bits per heavy atom. The Labute approximate surface area is 156 Å². The molecule has 0 atom stereocenters. The van der Waals surface area contributed by atoms with Crippen LogP contribution in [0.5, 0.6) is 0 Å². The summed E-state index contributed by atoms with van der Waals surface area (Å²) in [6.45, 7) is 13.3. The standard InChI is InChI=1S/C26H26/c1-15-7-9-22(19(5)17(15)3)23-13-14-26-24(20(23)6)12-11-21-18(4)16(2)8-10-25(21)26/h7-14H,1-6H3. The Bertz CT molecular complexity index is 1180. The highest BCUT2D eigenvalue weighted by Gasteiger charge is 2.12. The Kier molecular flexibility index (Phi) is 3.88. The zero-order valence-corrected chi connectivity index (χ0v) is 16.6. The molecule has 0 saturated carbocycles. The topological polar surface area (TPSA) is 0 Å². The second-order valence-corrected chi connectivity index (χ2v) is 7.68. The molecular weight excluding hydrogens is 312 g/mol. The van der Waals surface area contributed by atoms with Crippen molar-refractivity contribution in [2.45, 2.75) is 41.5 Å². The minimum absolute atomic E-state index is 1.35. The third-order valence-corrected chi connectivity index (χ3v) is 6.36. The Hall–Kier alpha value is -2.60. The zero-order valence-electron chi connectivity index (χ0n) is 16.6. The molecular formula is C26H26. The van der Waals surface area contributed by atoms with E-state index in [4.69, 9.17) is 0 Å². The Morgan fingerprint density at radius 1 is 0.346 bits per heavy atom. The smallest absolute Gasteiger partial charge is 0.0102 e. The minimum Gasteiger partial charge on any atom is -0.0584 e. The van der Waals surface area contributed by atoms with Gasteiger partial charge in [0.1, 0.15) is 0 Å². The lowest BCUT2D eigenvalue weighted by molar-refractivity contribution is 1.26. The Balaban J connectivity index is 2.04. The summed E-state index contributed by atoms with van der Waals surface area (Å²) in [5.41, 5.74) is 11.0. The maximum absolute atomic E-state index is 2.31. The lowest BCUT2D eigenvalue weighted by Gasteiger charge is -2.16. The van der Waals surface area contributed by atoms with Crippen LogP contribution in [0.25, 0.3) is 32.7 Å². The van der Waals surface area contributed by atoms with E-state index in [-0.39, 0.29) is 0 Å². The van der Waals surface area contributed by atoms with E-state index in [2.05, 4.69) is 90.1 Å². The van der Waals surface area contributed by atoms with Crippen LogP contribution in [0.2, 0.25) is 0 Å². The highest BCUT2D eigenvalue weighted by molar-refractivity contribution is 6.11. The predicted molar refractivity (Wildman–Crippen MR) is 115 cm³/mol. The summed E-state index contributed by atoms with van der Waals surface area (Å²) < 4.78 is 0. The lowest BCUT2D eigenvalue weighted by Crippen LogP contribution is -1.94. The molecule has 0 heterocycles. The monoisotopic (exact) mass is 338 g/mol. The van der Waals surface area contributed by atoms with Gasteiger partial charge in [-0.25, -0.2) is 0 Å². The number of fused-ring (bicyclic) bond motifs is 3. The molecule has 0 amide bonds. The molecule has 0 radical (unpaired) electrons. The van der Waals surface area contributed by atoms with Gasteiger partial charge in [0.05, 0.1) is 0 Å². The largest absolute Gasteiger partial charge is 0.0584 e. The molecule has 0 heteroatoms. The summed E-state index contributed by atoms with van der Waals surface area (Å²) in [5, 5.41) is 5.44.